The van der Waals surface area contributed by atoms with Crippen LogP contribution in [0.2, 0.25) is 0 Å². The maximum Gasteiger partial charge on any atom is 0.332 e. The van der Waals surface area contributed by atoms with Gasteiger partial charge in [0.05, 0.1) is 0 Å². The monoisotopic (exact) mass is 251 g/mol. The number of nitrogens with two attached hydrogens (primary N) is 1. The number of carbonyl (C=O) groups is 1. The second kappa shape index (κ2) is 6.57. The molecule has 102 valence electrons. The van der Waals surface area contributed by atoms with Crippen molar-refractivity contribution in [3.8, 4) is 0 Å². The maximum atomic E-state index is 10.7. The van der Waals surface area contributed by atoms with Gasteiger partial charge in [0.2, 0.25) is 0 Å². The van der Waals surface area contributed by atoms with Crippen molar-refractivity contribution >= 4 is 11.7 Å². The molecule has 0 aromatic heterocycles. The van der Waals surface area contributed by atoms with Crippen LogP contribution in [0.25, 0.3) is 0 Å². The summed E-state index contributed by atoms with van der Waals surface area (Å²) < 4.78 is 0. The Kier molecular flexibility index (Phi) is 5.38. The van der Waals surface area contributed by atoms with Crippen LogP contribution in [-0.4, -0.2) is 11.7 Å². The number of nitrogens with zero attached hydrogens (tertiary/aromatic N) is 1. The summed E-state index contributed by atoms with van der Waals surface area (Å²) >= 11 is 0. The van der Waals surface area contributed by atoms with Crippen LogP contribution in [0.3, 0.4) is 0 Å². The lowest BCUT2D eigenvalue weighted by atomic mass is 9.74. The Labute approximate surface area is 110 Å². The molecule has 4 heteroatoms. The summed E-state index contributed by atoms with van der Waals surface area (Å²) in [6.07, 6.45) is 5.42. The van der Waals surface area contributed by atoms with Crippen molar-refractivity contribution in [1.29, 1.82) is 0 Å². The first-order chi connectivity index (χ1) is 8.45. The second-order valence-electron chi connectivity index (χ2n) is 5.41. The van der Waals surface area contributed by atoms with E-state index in [1.165, 1.54) is 5.57 Å². The molecule has 18 heavy (non-hydrogen) atoms. The highest BCUT2D eigenvalue weighted by molar-refractivity contribution is 5.90. The van der Waals surface area contributed by atoms with Gasteiger partial charge < -0.3 is 5.73 Å². The Morgan fingerprint density at radius 1 is 1.61 bits per heavy atom. The van der Waals surface area contributed by atoms with Crippen LogP contribution in [0, 0.1) is 17.8 Å². The molecular weight excluding hydrogens is 226 g/mol. The van der Waals surface area contributed by atoms with Crippen LogP contribution < -0.4 is 11.2 Å². The number of primary amides is 1. The summed E-state index contributed by atoms with van der Waals surface area (Å²) in [6.45, 7) is 8.74. The SMILES string of the molecule is CC/C(=N\NC(N)=O)C1CC(C(C)C)CC=C1C. The average Bonchev–Trinajstić information content (AvgIpc) is 2.31. The number of hydrogen-bond donors (Lipinski definition) is 2. The summed E-state index contributed by atoms with van der Waals surface area (Å²) in [7, 11) is 0. The molecule has 0 aliphatic heterocycles. The zero-order chi connectivity index (χ0) is 13.7. The fourth-order valence-corrected chi connectivity index (χ4v) is 2.54. The number of allylic oxidation sites excluding steroid dienone is 2. The van der Waals surface area contributed by atoms with Gasteiger partial charge >= 0.3 is 6.03 Å². The quantitative estimate of drug-likeness (QED) is 0.450. The molecule has 4 nitrogen and oxygen atoms in total. The van der Waals surface area contributed by atoms with Gasteiger partial charge in [0.1, 0.15) is 0 Å². The van der Waals surface area contributed by atoms with Crippen molar-refractivity contribution in [1.82, 2.24) is 5.43 Å². The normalized spacial score (nSPS) is 24.9. The molecular formula is C14H25N3O. The molecule has 2 unspecified atom stereocenters. The Morgan fingerprint density at radius 2 is 2.28 bits per heavy atom. The lowest BCUT2D eigenvalue weighted by molar-refractivity contribution is 0.249. The van der Waals surface area contributed by atoms with Gasteiger partial charge in [-0.1, -0.05) is 32.4 Å². The molecule has 2 amide bonds. The highest BCUT2D eigenvalue weighted by Gasteiger charge is 2.27. The van der Waals surface area contributed by atoms with E-state index in [4.69, 9.17) is 5.73 Å². The molecule has 0 bridgehead atoms. The van der Waals surface area contributed by atoms with Crippen LogP contribution in [0.15, 0.2) is 16.8 Å². The highest BCUT2D eigenvalue weighted by atomic mass is 16.2. The van der Waals surface area contributed by atoms with E-state index in [2.05, 4.69) is 44.3 Å². The van der Waals surface area contributed by atoms with E-state index in [1.54, 1.807) is 0 Å². The van der Waals surface area contributed by atoms with Crippen molar-refractivity contribution in [3.63, 3.8) is 0 Å². The lowest BCUT2D eigenvalue weighted by Gasteiger charge is -2.31. The van der Waals surface area contributed by atoms with E-state index in [-0.39, 0.29) is 0 Å². The summed E-state index contributed by atoms with van der Waals surface area (Å²) in [6, 6.07) is -0.598. The minimum atomic E-state index is -0.598. The molecule has 0 aromatic carbocycles. The van der Waals surface area contributed by atoms with Crippen molar-refractivity contribution in [2.75, 3.05) is 0 Å². The van der Waals surface area contributed by atoms with Crippen LogP contribution >= 0.6 is 0 Å². The smallest absolute Gasteiger partial charge is 0.332 e. The van der Waals surface area contributed by atoms with Crippen molar-refractivity contribution in [2.24, 2.45) is 28.6 Å². The molecule has 1 rings (SSSR count). The van der Waals surface area contributed by atoms with Crippen molar-refractivity contribution in [2.45, 2.75) is 47.0 Å². The largest absolute Gasteiger partial charge is 0.350 e. The molecule has 0 saturated heterocycles. The summed E-state index contributed by atoms with van der Waals surface area (Å²) in [5.41, 5.74) is 9.80. The van der Waals surface area contributed by atoms with E-state index in [9.17, 15) is 4.79 Å². The van der Waals surface area contributed by atoms with Crippen molar-refractivity contribution < 1.29 is 4.79 Å². The van der Waals surface area contributed by atoms with Gasteiger partial charge in [-0.25, -0.2) is 10.2 Å². The molecule has 0 aromatic rings. The molecule has 1 aliphatic rings. The van der Waals surface area contributed by atoms with Crippen LogP contribution in [0.1, 0.15) is 47.0 Å². The number of carbonyl (C=O) groups excluding carboxylic acids is 1. The molecule has 3 N–H and O–H groups in total. The minimum absolute atomic E-state index is 0.350. The van der Waals surface area contributed by atoms with Gasteiger partial charge in [-0.2, -0.15) is 5.10 Å². The Hall–Kier alpha value is -1.32. The maximum absolute atomic E-state index is 10.7. The van der Waals surface area contributed by atoms with Crippen LogP contribution in [0.5, 0.6) is 0 Å². The highest BCUT2D eigenvalue weighted by Crippen LogP contribution is 2.34. The summed E-state index contributed by atoms with van der Waals surface area (Å²) in [5, 5.41) is 4.16. The molecule has 0 spiro atoms. The van der Waals surface area contributed by atoms with E-state index < -0.39 is 6.03 Å². The van der Waals surface area contributed by atoms with E-state index in [0.29, 0.717) is 17.8 Å². The predicted molar refractivity (Wildman–Crippen MR) is 75.3 cm³/mol. The van der Waals surface area contributed by atoms with Gasteiger partial charge in [-0.15, -0.1) is 0 Å². The van der Waals surface area contributed by atoms with Gasteiger partial charge in [0.15, 0.2) is 0 Å². The Balaban J connectivity index is 2.84. The third-order valence-electron chi connectivity index (χ3n) is 3.85. The van der Waals surface area contributed by atoms with Crippen LogP contribution in [0.4, 0.5) is 4.79 Å². The fraction of sp³-hybridized carbons (Fsp3) is 0.714. The van der Waals surface area contributed by atoms with E-state index in [1.807, 2.05) is 0 Å². The van der Waals surface area contributed by atoms with Gasteiger partial charge in [0.25, 0.3) is 0 Å². The minimum Gasteiger partial charge on any atom is -0.350 e. The first-order valence-corrected chi connectivity index (χ1v) is 6.74. The molecule has 2 atom stereocenters. The van der Waals surface area contributed by atoms with E-state index >= 15 is 0 Å². The standard InChI is InChI=1S/C14H25N3O/c1-5-13(16-17-14(15)18)12-8-11(9(2)3)7-6-10(12)4/h6,9,11-12H,5,7-8H2,1-4H3,(H3,15,17,18)/b16-13+. The molecule has 1 aliphatic carbocycles. The number of rotatable bonds is 4. The first-order valence-electron chi connectivity index (χ1n) is 6.74. The Morgan fingerprint density at radius 3 is 2.78 bits per heavy atom. The summed E-state index contributed by atoms with van der Waals surface area (Å²) in [5.74, 6) is 1.73. The Bertz CT molecular complexity index is 358. The third-order valence-corrected chi connectivity index (χ3v) is 3.85. The molecule has 0 saturated carbocycles. The molecule has 0 fully saturated rings. The third kappa shape index (κ3) is 3.86. The second-order valence-corrected chi connectivity index (χ2v) is 5.41. The summed E-state index contributed by atoms with van der Waals surface area (Å²) in [4.78, 5) is 10.7. The zero-order valence-electron chi connectivity index (χ0n) is 11.9. The van der Waals surface area contributed by atoms with Gasteiger partial charge in [-0.05, 0) is 38.0 Å². The first kappa shape index (κ1) is 14.7. The number of hydrazone groups is 1. The number of hydrogen-bond acceptors (Lipinski definition) is 2. The van der Waals surface area contributed by atoms with Crippen LogP contribution in [-0.2, 0) is 0 Å². The molecule has 0 heterocycles. The lowest BCUT2D eigenvalue weighted by Crippen LogP contribution is -2.30. The van der Waals surface area contributed by atoms with Gasteiger partial charge in [0, 0.05) is 11.6 Å². The number of nitrogens with one attached hydrogen (secondary N) is 1. The number of amides is 2. The average molecular weight is 251 g/mol. The van der Waals surface area contributed by atoms with E-state index in [0.717, 1.165) is 25.0 Å². The number of urea groups is 1. The fourth-order valence-electron chi connectivity index (χ4n) is 2.54. The zero-order valence-corrected chi connectivity index (χ0v) is 11.9. The topological polar surface area (TPSA) is 67.5 Å². The molecule has 0 radical (unpaired) electrons. The predicted octanol–water partition coefficient (Wildman–Crippen LogP) is 3.05. The van der Waals surface area contributed by atoms with Crippen molar-refractivity contribution in [3.05, 3.63) is 11.6 Å². The van der Waals surface area contributed by atoms with Gasteiger partial charge in [-0.3, -0.25) is 0 Å².